The first kappa shape index (κ1) is 24.0. The van der Waals surface area contributed by atoms with E-state index in [4.69, 9.17) is 5.14 Å². The quantitative estimate of drug-likeness (QED) is 0.446. The lowest BCUT2D eigenvalue weighted by Crippen LogP contribution is -2.23. The predicted molar refractivity (Wildman–Crippen MR) is 118 cm³/mol. The molecule has 0 aliphatic rings. The van der Waals surface area contributed by atoms with E-state index < -0.39 is 27.8 Å². The van der Waals surface area contributed by atoms with Crippen LogP contribution in [0.25, 0.3) is 11.0 Å². The minimum absolute atomic E-state index is 0.0517. The molecule has 3 aromatic rings. The van der Waals surface area contributed by atoms with E-state index in [1.165, 1.54) is 42.1 Å². The number of imidazole rings is 1. The number of halogens is 2. The number of primary sulfonamides is 1. The van der Waals surface area contributed by atoms with Crippen LogP contribution in [-0.4, -0.2) is 35.7 Å². The highest BCUT2D eigenvalue weighted by molar-refractivity contribution is 8.00. The van der Waals surface area contributed by atoms with Crippen LogP contribution in [0.2, 0.25) is 0 Å². The molecule has 172 valence electrons. The number of rotatable bonds is 9. The molecule has 32 heavy (non-hydrogen) atoms. The highest BCUT2D eigenvalue weighted by Gasteiger charge is 2.22. The third-order valence-electron chi connectivity index (χ3n) is 4.47. The van der Waals surface area contributed by atoms with Gasteiger partial charge in [-0.25, -0.2) is 18.5 Å². The molecule has 0 radical (unpaired) electrons. The van der Waals surface area contributed by atoms with Crippen molar-refractivity contribution < 1.29 is 26.7 Å². The number of nitrogens with zero attached hydrogens (tertiary/aromatic N) is 2. The summed E-state index contributed by atoms with van der Waals surface area (Å²) in [4.78, 5) is 17.2. The number of carbonyl (C=O) groups excluding carboxylic acids is 1. The van der Waals surface area contributed by atoms with Crippen molar-refractivity contribution >= 4 is 44.4 Å². The van der Waals surface area contributed by atoms with Gasteiger partial charge in [0, 0.05) is 6.54 Å². The molecule has 1 atom stereocenters. The SMILES string of the molecule is CCCn1c(SC(C)C(=O)Nc2ccccc2OC(F)F)nc2cc(S(N)(=O)=O)ccc21. The zero-order valence-corrected chi connectivity index (χ0v) is 18.9. The van der Waals surface area contributed by atoms with Crippen LogP contribution in [0.3, 0.4) is 0 Å². The molecule has 0 bridgehead atoms. The number of thioether (sulfide) groups is 1. The first-order chi connectivity index (χ1) is 15.1. The van der Waals surface area contributed by atoms with Crippen molar-refractivity contribution in [2.24, 2.45) is 5.14 Å². The molecule has 0 saturated heterocycles. The van der Waals surface area contributed by atoms with Gasteiger partial charge >= 0.3 is 6.61 Å². The Morgan fingerprint density at radius 1 is 1.28 bits per heavy atom. The number of ether oxygens (including phenoxy) is 1. The van der Waals surface area contributed by atoms with Gasteiger partial charge in [-0.2, -0.15) is 8.78 Å². The average molecular weight is 485 g/mol. The van der Waals surface area contributed by atoms with Gasteiger partial charge in [-0.1, -0.05) is 30.8 Å². The van der Waals surface area contributed by atoms with Crippen LogP contribution in [0.5, 0.6) is 5.75 Å². The van der Waals surface area contributed by atoms with E-state index >= 15 is 0 Å². The Kier molecular flexibility index (Phi) is 7.36. The lowest BCUT2D eigenvalue weighted by atomic mass is 10.3. The van der Waals surface area contributed by atoms with Gasteiger partial charge in [-0.15, -0.1) is 0 Å². The number of nitrogens with one attached hydrogen (secondary N) is 1. The third kappa shape index (κ3) is 5.56. The van der Waals surface area contributed by atoms with Crippen LogP contribution in [-0.2, 0) is 21.4 Å². The fourth-order valence-electron chi connectivity index (χ4n) is 3.01. The van der Waals surface area contributed by atoms with Crippen molar-refractivity contribution in [1.29, 1.82) is 0 Å². The summed E-state index contributed by atoms with van der Waals surface area (Å²) in [5, 5.41) is 7.69. The lowest BCUT2D eigenvalue weighted by molar-refractivity contribution is -0.115. The van der Waals surface area contributed by atoms with Gasteiger partial charge < -0.3 is 14.6 Å². The minimum Gasteiger partial charge on any atom is -0.433 e. The summed E-state index contributed by atoms with van der Waals surface area (Å²) in [6, 6.07) is 10.4. The molecule has 0 fully saturated rings. The van der Waals surface area contributed by atoms with Crippen LogP contribution in [0.15, 0.2) is 52.5 Å². The van der Waals surface area contributed by atoms with Gasteiger partial charge in [0.1, 0.15) is 5.75 Å². The molecule has 1 amide bonds. The Morgan fingerprint density at radius 3 is 2.66 bits per heavy atom. The van der Waals surface area contributed by atoms with Gasteiger partial charge in [-0.3, -0.25) is 4.79 Å². The molecule has 1 unspecified atom stereocenters. The summed E-state index contributed by atoms with van der Waals surface area (Å²) >= 11 is 1.17. The fourth-order valence-corrected chi connectivity index (χ4v) is 4.49. The number of aromatic nitrogens is 2. The summed E-state index contributed by atoms with van der Waals surface area (Å²) < 4.78 is 54.9. The van der Waals surface area contributed by atoms with Crippen molar-refractivity contribution in [3.8, 4) is 5.75 Å². The van der Waals surface area contributed by atoms with Crippen molar-refractivity contribution in [3.05, 3.63) is 42.5 Å². The van der Waals surface area contributed by atoms with Crippen LogP contribution in [0, 0.1) is 0 Å². The number of hydrogen-bond acceptors (Lipinski definition) is 6. The molecule has 3 rings (SSSR count). The number of sulfonamides is 1. The highest BCUT2D eigenvalue weighted by atomic mass is 32.2. The lowest BCUT2D eigenvalue weighted by Gasteiger charge is -2.15. The van der Waals surface area contributed by atoms with Gasteiger partial charge in [-0.05, 0) is 43.7 Å². The predicted octanol–water partition coefficient (Wildman–Crippen LogP) is 3.81. The van der Waals surface area contributed by atoms with Gasteiger partial charge in [0.15, 0.2) is 5.16 Å². The van der Waals surface area contributed by atoms with Crippen molar-refractivity contribution in [1.82, 2.24) is 9.55 Å². The highest BCUT2D eigenvalue weighted by Crippen LogP contribution is 2.31. The number of hydrogen-bond donors (Lipinski definition) is 2. The smallest absolute Gasteiger partial charge is 0.387 e. The Hall–Kier alpha value is -2.70. The number of fused-ring (bicyclic) bond motifs is 1. The monoisotopic (exact) mass is 484 g/mol. The number of carbonyl (C=O) groups is 1. The van der Waals surface area contributed by atoms with E-state index in [9.17, 15) is 22.0 Å². The second-order valence-electron chi connectivity index (χ2n) is 6.87. The number of aryl methyl sites for hydroxylation is 1. The number of amides is 1. The molecule has 3 N–H and O–H groups in total. The van der Waals surface area contributed by atoms with Gasteiger partial charge in [0.25, 0.3) is 0 Å². The molecule has 0 aliphatic carbocycles. The Morgan fingerprint density at radius 2 is 2.00 bits per heavy atom. The molecule has 0 spiro atoms. The molecule has 12 heteroatoms. The van der Waals surface area contributed by atoms with Crippen molar-refractivity contribution in [2.45, 2.75) is 48.7 Å². The molecule has 1 heterocycles. The van der Waals surface area contributed by atoms with Gasteiger partial charge in [0.05, 0.1) is 26.9 Å². The zero-order valence-electron chi connectivity index (χ0n) is 17.3. The van der Waals surface area contributed by atoms with Crippen molar-refractivity contribution in [2.75, 3.05) is 5.32 Å². The number of benzene rings is 2. The summed E-state index contributed by atoms with van der Waals surface area (Å²) in [7, 11) is -3.88. The van der Waals surface area contributed by atoms with E-state index in [1.54, 1.807) is 19.1 Å². The second kappa shape index (κ2) is 9.84. The topological polar surface area (TPSA) is 116 Å². The normalized spacial score (nSPS) is 12.8. The summed E-state index contributed by atoms with van der Waals surface area (Å²) in [6.07, 6.45) is 0.787. The van der Waals surface area contributed by atoms with Crippen LogP contribution < -0.4 is 15.2 Å². The fraction of sp³-hybridized carbons (Fsp3) is 0.300. The van der Waals surface area contributed by atoms with E-state index in [1.807, 2.05) is 11.5 Å². The maximum Gasteiger partial charge on any atom is 0.387 e. The first-order valence-corrected chi connectivity index (χ1v) is 12.1. The largest absolute Gasteiger partial charge is 0.433 e. The molecule has 1 aromatic heterocycles. The molecule has 0 saturated carbocycles. The zero-order chi connectivity index (χ0) is 23.5. The Labute approximate surface area is 188 Å². The first-order valence-electron chi connectivity index (χ1n) is 9.64. The Bertz CT molecular complexity index is 1230. The number of nitrogens with two attached hydrogens (primary N) is 1. The maximum atomic E-state index is 12.7. The molecular formula is C20H22F2N4O4S2. The Balaban J connectivity index is 1.85. The van der Waals surface area contributed by atoms with Gasteiger partial charge in [0.2, 0.25) is 15.9 Å². The molecule has 8 nitrogen and oxygen atoms in total. The molecule has 2 aromatic carbocycles. The van der Waals surface area contributed by atoms with Crippen LogP contribution in [0.1, 0.15) is 20.3 Å². The van der Waals surface area contributed by atoms with E-state index in [-0.39, 0.29) is 16.3 Å². The number of anilines is 1. The summed E-state index contributed by atoms with van der Waals surface area (Å²) in [6.45, 7) is 1.22. The van der Waals surface area contributed by atoms with E-state index in [0.29, 0.717) is 22.7 Å². The standard InChI is InChI=1S/C20H22F2N4O4S2/c1-3-10-26-16-9-8-13(32(23,28)29)11-15(16)25-20(26)31-12(2)18(27)24-14-6-4-5-7-17(14)30-19(21)22/h4-9,11-12,19H,3,10H2,1-2H3,(H,24,27)(H2,23,28,29). The summed E-state index contributed by atoms with van der Waals surface area (Å²) in [5.41, 5.74) is 1.28. The van der Waals surface area contributed by atoms with Crippen LogP contribution in [0.4, 0.5) is 14.5 Å². The van der Waals surface area contributed by atoms with Crippen LogP contribution >= 0.6 is 11.8 Å². The number of para-hydroxylation sites is 2. The van der Waals surface area contributed by atoms with Crippen molar-refractivity contribution in [3.63, 3.8) is 0 Å². The summed E-state index contributed by atoms with van der Waals surface area (Å²) in [5.74, 6) is -0.567. The minimum atomic E-state index is -3.88. The van der Waals surface area contributed by atoms with E-state index in [0.717, 1.165) is 6.42 Å². The second-order valence-corrected chi connectivity index (χ2v) is 9.73. The average Bonchev–Trinajstić information content (AvgIpc) is 3.05. The molecule has 0 aliphatic heterocycles. The molecular weight excluding hydrogens is 462 g/mol. The maximum absolute atomic E-state index is 12.7. The number of alkyl halides is 2. The third-order valence-corrected chi connectivity index (χ3v) is 6.47. The van der Waals surface area contributed by atoms with E-state index in [2.05, 4.69) is 15.0 Å².